The maximum atomic E-state index is 12.0. The van der Waals surface area contributed by atoms with Gasteiger partial charge in [0.15, 0.2) is 5.60 Å². The first-order chi connectivity index (χ1) is 9.87. The van der Waals surface area contributed by atoms with Crippen LogP contribution in [-0.2, 0) is 9.59 Å². The first-order valence-corrected chi connectivity index (χ1v) is 7.23. The van der Waals surface area contributed by atoms with Gasteiger partial charge in [-0.15, -0.1) is 0 Å². The molecule has 1 fully saturated rings. The molecule has 5 heteroatoms. The van der Waals surface area contributed by atoms with Gasteiger partial charge in [-0.05, 0) is 56.2 Å². The van der Waals surface area contributed by atoms with Crippen LogP contribution in [0.25, 0.3) is 0 Å². The van der Waals surface area contributed by atoms with Gasteiger partial charge in [0.1, 0.15) is 5.75 Å². The first-order valence-electron chi connectivity index (χ1n) is 7.23. The molecule has 1 heterocycles. The van der Waals surface area contributed by atoms with Crippen LogP contribution in [-0.4, -0.2) is 22.6 Å². The van der Waals surface area contributed by atoms with Crippen LogP contribution >= 0.6 is 0 Å². The zero-order valence-electron chi connectivity index (χ0n) is 12.2. The van der Waals surface area contributed by atoms with Crippen molar-refractivity contribution in [3.8, 4) is 5.75 Å². The number of nitrogens with one attached hydrogen (secondary N) is 1. The molecule has 0 bridgehead atoms. The van der Waals surface area contributed by atoms with Crippen molar-refractivity contribution in [1.82, 2.24) is 0 Å². The Bertz CT molecular complexity index is 604. The molecule has 2 N–H and O–H groups in total. The zero-order chi connectivity index (χ0) is 15.2. The maximum Gasteiger partial charge on any atom is 0.303 e. The summed E-state index contributed by atoms with van der Waals surface area (Å²) in [4.78, 5) is 23.0. The van der Waals surface area contributed by atoms with Crippen molar-refractivity contribution in [2.45, 2.75) is 44.6 Å². The lowest BCUT2D eigenvalue weighted by molar-refractivity contribution is -0.137. The van der Waals surface area contributed by atoms with Crippen LogP contribution in [0.4, 0.5) is 5.69 Å². The molecule has 1 saturated carbocycles. The quantitative estimate of drug-likeness (QED) is 0.893. The van der Waals surface area contributed by atoms with Gasteiger partial charge >= 0.3 is 5.97 Å². The lowest BCUT2D eigenvalue weighted by atomic mass is 9.90. The average molecular weight is 289 g/mol. The second-order valence-electron chi connectivity index (χ2n) is 6.36. The van der Waals surface area contributed by atoms with E-state index in [-0.39, 0.29) is 18.2 Å². The van der Waals surface area contributed by atoms with Crippen LogP contribution in [0.5, 0.6) is 5.75 Å². The second kappa shape index (κ2) is 4.76. The average Bonchev–Trinajstić information content (AvgIpc) is 3.21. The minimum absolute atomic E-state index is 0.0136. The fourth-order valence-corrected chi connectivity index (χ4v) is 2.80. The summed E-state index contributed by atoms with van der Waals surface area (Å²) in [5.41, 5.74) is 0.709. The molecule has 1 aromatic rings. The maximum absolute atomic E-state index is 12.0. The Kier molecular flexibility index (Phi) is 3.15. The summed E-state index contributed by atoms with van der Waals surface area (Å²) < 4.78 is 5.70. The number of hydrogen-bond acceptors (Lipinski definition) is 3. The highest BCUT2D eigenvalue weighted by Gasteiger charge is 2.37. The highest BCUT2D eigenvalue weighted by Crippen LogP contribution is 2.46. The lowest BCUT2D eigenvalue weighted by Gasteiger charge is -2.32. The molecule has 1 amide bonds. The molecule has 0 radical (unpaired) electrons. The standard InChI is InChI=1S/C16H19NO4/c1-16(2)15(20)17-12-7-10(5-6-13(12)21-16)11(8-14(18)19)9-3-4-9/h5-7,9,11H,3-4,8H2,1-2H3,(H,17,20)(H,18,19). The predicted molar refractivity (Wildman–Crippen MR) is 77.5 cm³/mol. The highest BCUT2D eigenvalue weighted by atomic mass is 16.5. The minimum atomic E-state index is -0.883. The summed E-state index contributed by atoms with van der Waals surface area (Å²) in [6.07, 6.45) is 2.28. The van der Waals surface area contributed by atoms with E-state index in [0.29, 0.717) is 17.4 Å². The summed E-state index contributed by atoms with van der Waals surface area (Å²) in [6.45, 7) is 3.44. The summed E-state index contributed by atoms with van der Waals surface area (Å²) in [5, 5.41) is 11.9. The number of amides is 1. The van der Waals surface area contributed by atoms with Crippen LogP contribution in [0.1, 0.15) is 44.6 Å². The molecule has 21 heavy (non-hydrogen) atoms. The third-order valence-electron chi connectivity index (χ3n) is 4.18. The van der Waals surface area contributed by atoms with Crippen LogP contribution in [0, 0.1) is 5.92 Å². The Morgan fingerprint density at radius 2 is 2.19 bits per heavy atom. The van der Waals surface area contributed by atoms with E-state index in [2.05, 4.69) is 5.32 Å². The number of carbonyl (C=O) groups is 2. The lowest BCUT2D eigenvalue weighted by Crippen LogP contribution is -2.45. The number of ether oxygens (including phenoxy) is 1. The molecule has 3 rings (SSSR count). The molecule has 0 saturated heterocycles. The van der Waals surface area contributed by atoms with Crippen LogP contribution in [0.2, 0.25) is 0 Å². The van der Waals surface area contributed by atoms with Gasteiger partial charge in [0, 0.05) is 0 Å². The molecule has 112 valence electrons. The van der Waals surface area contributed by atoms with Crippen molar-refractivity contribution in [2.75, 3.05) is 5.32 Å². The Morgan fingerprint density at radius 1 is 1.48 bits per heavy atom. The van der Waals surface area contributed by atoms with Crippen LogP contribution in [0.3, 0.4) is 0 Å². The van der Waals surface area contributed by atoms with E-state index < -0.39 is 11.6 Å². The van der Waals surface area contributed by atoms with Gasteiger partial charge in [-0.2, -0.15) is 0 Å². The Balaban J connectivity index is 1.90. The fourth-order valence-electron chi connectivity index (χ4n) is 2.80. The summed E-state index contributed by atoms with van der Waals surface area (Å²) >= 11 is 0. The van der Waals surface area contributed by atoms with Gasteiger partial charge in [0.2, 0.25) is 0 Å². The zero-order valence-corrected chi connectivity index (χ0v) is 12.2. The molecular formula is C16H19NO4. The van der Waals surface area contributed by atoms with Crippen molar-refractivity contribution in [1.29, 1.82) is 0 Å². The van der Waals surface area contributed by atoms with Gasteiger partial charge in [-0.25, -0.2) is 0 Å². The van der Waals surface area contributed by atoms with Gasteiger partial charge < -0.3 is 15.2 Å². The molecule has 1 unspecified atom stereocenters. The molecule has 1 atom stereocenters. The van der Waals surface area contributed by atoms with Crippen molar-refractivity contribution < 1.29 is 19.4 Å². The molecule has 1 aliphatic carbocycles. The normalized spacial score (nSPS) is 21.0. The molecule has 1 aliphatic heterocycles. The van der Waals surface area contributed by atoms with Crippen molar-refractivity contribution in [3.05, 3.63) is 23.8 Å². The van der Waals surface area contributed by atoms with Gasteiger partial charge in [0.05, 0.1) is 12.1 Å². The van der Waals surface area contributed by atoms with Crippen molar-refractivity contribution in [2.24, 2.45) is 5.92 Å². The summed E-state index contributed by atoms with van der Waals surface area (Å²) in [7, 11) is 0. The van der Waals surface area contributed by atoms with E-state index in [1.54, 1.807) is 13.8 Å². The van der Waals surface area contributed by atoms with E-state index in [1.165, 1.54) is 0 Å². The van der Waals surface area contributed by atoms with E-state index in [4.69, 9.17) is 9.84 Å². The van der Waals surface area contributed by atoms with E-state index >= 15 is 0 Å². The topological polar surface area (TPSA) is 75.6 Å². The monoisotopic (exact) mass is 289 g/mol. The fraction of sp³-hybridized carbons (Fsp3) is 0.500. The molecule has 0 aromatic heterocycles. The molecule has 1 aromatic carbocycles. The van der Waals surface area contributed by atoms with Crippen LogP contribution in [0.15, 0.2) is 18.2 Å². The molecule has 5 nitrogen and oxygen atoms in total. The first kappa shape index (κ1) is 13.9. The number of carboxylic acids is 1. The van der Waals surface area contributed by atoms with Gasteiger partial charge in [-0.1, -0.05) is 6.07 Å². The minimum Gasteiger partial charge on any atom is -0.481 e. The molecule has 0 spiro atoms. The Hall–Kier alpha value is -2.04. The second-order valence-corrected chi connectivity index (χ2v) is 6.36. The number of rotatable bonds is 4. The van der Waals surface area contributed by atoms with E-state index in [9.17, 15) is 9.59 Å². The molecule has 2 aliphatic rings. The summed E-state index contributed by atoms with van der Waals surface area (Å²) in [6, 6.07) is 5.59. The van der Waals surface area contributed by atoms with Gasteiger partial charge in [0.25, 0.3) is 5.91 Å². The summed E-state index contributed by atoms with van der Waals surface area (Å²) in [5.74, 6) is 0.114. The number of benzene rings is 1. The number of anilines is 1. The third-order valence-corrected chi connectivity index (χ3v) is 4.18. The van der Waals surface area contributed by atoms with E-state index in [1.807, 2.05) is 18.2 Å². The number of fused-ring (bicyclic) bond motifs is 1. The number of hydrogen-bond donors (Lipinski definition) is 2. The predicted octanol–water partition coefficient (Wildman–Crippen LogP) is 2.76. The third kappa shape index (κ3) is 2.73. The largest absolute Gasteiger partial charge is 0.481 e. The number of carboxylic acid groups (broad SMARTS) is 1. The smallest absolute Gasteiger partial charge is 0.303 e. The van der Waals surface area contributed by atoms with E-state index in [0.717, 1.165) is 18.4 Å². The molecular weight excluding hydrogens is 270 g/mol. The van der Waals surface area contributed by atoms with Crippen molar-refractivity contribution >= 4 is 17.6 Å². The Labute approximate surface area is 123 Å². The number of aliphatic carboxylic acids is 1. The SMILES string of the molecule is CC1(C)Oc2ccc(C(CC(=O)O)C3CC3)cc2NC1=O. The van der Waals surface area contributed by atoms with Crippen LogP contribution < -0.4 is 10.1 Å². The number of carbonyl (C=O) groups excluding carboxylic acids is 1. The van der Waals surface area contributed by atoms with Crippen molar-refractivity contribution in [3.63, 3.8) is 0 Å². The van der Waals surface area contributed by atoms with Gasteiger partial charge in [-0.3, -0.25) is 9.59 Å². The highest BCUT2D eigenvalue weighted by molar-refractivity contribution is 6.00. The Morgan fingerprint density at radius 3 is 2.81 bits per heavy atom.